The van der Waals surface area contributed by atoms with Gasteiger partial charge < -0.3 is 9.67 Å². The fraction of sp³-hybridized carbons (Fsp3) is 0.462. The molecule has 0 bridgehead atoms. The van der Waals surface area contributed by atoms with Gasteiger partial charge in [-0.25, -0.2) is 4.98 Å². The number of para-hydroxylation sites is 2. The zero-order valence-electron chi connectivity index (χ0n) is 10.0. The van der Waals surface area contributed by atoms with Crippen molar-refractivity contribution in [2.75, 3.05) is 0 Å². The Hall–Kier alpha value is -1.35. The van der Waals surface area contributed by atoms with E-state index in [0.717, 1.165) is 16.9 Å². The van der Waals surface area contributed by atoms with Crippen molar-refractivity contribution in [2.24, 2.45) is 0 Å². The molecular formula is C13H18N2O. The van der Waals surface area contributed by atoms with Crippen LogP contribution in [-0.4, -0.2) is 14.7 Å². The zero-order valence-corrected chi connectivity index (χ0v) is 10.0. The van der Waals surface area contributed by atoms with Gasteiger partial charge in [-0.15, -0.1) is 0 Å². The molecule has 1 heterocycles. The van der Waals surface area contributed by atoms with Gasteiger partial charge in [0, 0.05) is 6.04 Å². The summed E-state index contributed by atoms with van der Waals surface area (Å²) in [7, 11) is 0. The number of hydrogen-bond donors (Lipinski definition) is 1. The van der Waals surface area contributed by atoms with Crippen LogP contribution in [0.3, 0.4) is 0 Å². The minimum absolute atomic E-state index is 0.309. The van der Waals surface area contributed by atoms with Crippen LogP contribution in [0.25, 0.3) is 11.0 Å². The van der Waals surface area contributed by atoms with Gasteiger partial charge in [0.25, 0.3) is 0 Å². The molecule has 1 unspecified atom stereocenters. The average molecular weight is 218 g/mol. The molecule has 86 valence electrons. The van der Waals surface area contributed by atoms with Crippen LogP contribution in [-0.2, 0) is 0 Å². The van der Waals surface area contributed by atoms with E-state index in [1.807, 2.05) is 31.2 Å². The first-order chi connectivity index (χ1) is 7.65. The summed E-state index contributed by atoms with van der Waals surface area (Å²) in [5.74, 6) is 0.777. The second-order valence-corrected chi connectivity index (χ2v) is 4.35. The molecule has 1 aromatic heterocycles. The van der Waals surface area contributed by atoms with Gasteiger partial charge in [0.1, 0.15) is 11.9 Å². The highest BCUT2D eigenvalue weighted by molar-refractivity contribution is 5.76. The van der Waals surface area contributed by atoms with E-state index in [0.29, 0.717) is 12.5 Å². The van der Waals surface area contributed by atoms with Crippen molar-refractivity contribution in [3.05, 3.63) is 30.1 Å². The molecule has 3 heteroatoms. The van der Waals surface area contributed by atoms with E-state index in [1.54, 1.807) is 0 Å². The maximum Gasteiger partial charge on any atom is 0.139 e. The van der Waals surface area contributed by atoms with Gasteiger partial charge in [-0.1, -0.05) is 19.1 Å². The first-order valence-electron chi connectivity index (χ1n) is 5.80. The molecule has 16 heavy (non-hydrogen) atoms. The minimum atomic E-state index is -0.477. The van der Waals surface area contributed by atoms with E-state index in [1.165, 1.54) is 0 Å². The van der Waals surface area contributed by atoms with E-state index in [4.69, 9.17) is 0 Å². The van der Waals surface area contributed by atoms with Crippen LogP contribution in [0.4, 0.5) is 0 Å². The Bertz CT molecular complexity index is 488. The second-order valence-electron chi connectivity index (χ2n) is 4.35. The van der Waals surface area contributed by atoms with Crippen LogP contribution in [0, 0.1) is 0 Å². The Morgan fingerprint density at radius 2 is 2.00 bits per heavy atom. The predicted molar refractivity (Wildman–Crippen MR) is 65.4 cm³/mol. The lowest BCUT2D eigenvalue weighted by Gasteiger charge is -2.15. The molecular weight excluding hydrogens is 200 g/mol. The second kappa shape index (κ2) is 4.26. The number of aliphatic hydroxyl groups is 1. The molecule has 0 fully saturated rings. The number of fused-ring (bicyclic) bond motifs is 1. The lowest BCUT2D eigenvalue weighted by atomic mass is 10.2. The van der Waals surface area contributed by atoms with Crippen LogP contribution in [0.2, 0.25) is 0 Å². The Labute approximate surface area is 95.7 Å². The van der Waals surface area contributed by atoms with Gasteiger partial charge in [0.05, 0.1) is 11.0 Å². The SMILES string of the molecule is CCC(O)c1nc2ccccc2n1C(C)C. The van der Waals surface area contributed by atoms with E-state index in [-0.39, 0.29) is 0 Å². The number of aromatic nitrogens is 2. The standard InChI is InChI=1S/C13H18N2O/c1-4-12(16)13-14-10-7-5-6-8-11(10)15(13)9(2)3/h5-9,12,16H,4H2,1-3H3. The largest absolute Gasteiger partial charge is 0.385 e. The summed E-state index contributed by atoms with van der Waals surface area (Å²) >= 11 is 0. The van der Waals surface area contributed by atoms with Gasteiger partial charge in [-0.2, -0.15) is 0 Å². The molecule has 0 aliphatic heterocycles. The molecule has 0 radical (unpaired) electrons. The third-order valence-electron chi connectivity index (χ3n) is 2.82. The van der Waals surface area contributed by atoms with Crippen LogP contribution in [0.15, 0.2) is 24.3 Å². The molecule has 0 spiro atoms. The van der Waals surface area contributed by atoms with Gasteiger partial charge in [0.15, 0.2) is 0 Å². The summed E-state index contributed by atoms with van der Waals surface area (Å²) in [6.07, 6.45) is 0.213. The normalized spacial score (nSPS) is 13.6. The topological polar surface area (TPSA) is 38.1 Å². The molecule has 0 saturated carbocycles. The van der Waals surface area contributed by atoms with Crippen LogP contribution in [0.1, 0.15) is 45.2 Å². The summed E-state index contributed by atoms with van der Waals surface area (Å²) in [6.45, 7) is 6.19. The summed E-state index contributed by atoms with van der Waals surface area (Å²) in [6, 6.07) is 8.32. The zero-order chi connectivity index (χ0) is 11.7. The number of aliphatic hydroxyl groups excluding tert-OH is 1. The van der Waals surface area contributed by atoms with Crippen LogP contribution < -0.4 is 0 Å². The van der Waals surface area contributed by atoms with Gasteiger partial charge >= 0.3 is 0 Å². The molecule has 1 aromatic carbocycles. The van der Waals surface area contributed by atoms with E-state index in [9.17, 15) is 5.11 Å². The van der Waals surface area contributed by atoms with E-state index in [2.05, 4.69) is 23.4 Å². The van der Waals surface area contributed by atoms with Crippen molar-refractivity contribution in [1.82, 2.24) is 9.55 Å². The third kappa shape index (κ3) is 1.71. The molecule has 0 aliphatic carbocycles. The highest BCUT2D eigenvalue weighted by Crippen LogP contribution is 2.25. The number of benzene rings is 1. The maximum absolute atomic E-state index is 9.98. The number of imidazole rings is 1. The van der Waals surface area contributed by atoms with E-state index < -0.39 is 6.10 Å². The highest BCUT2D eigenvalue weighted by atomic mass is 16.3. The Morgan fingerprint density at radius 1 is 1.31 bits per heavy atom. The Kier molecular flexibility index (Phi) is 2.97. The third-order valence-corrected chi connectivity index (χ3v) is 2.82. The number of rotatable bonds is 3. The quantitative estimate of drug-likeness (QED) is 0.859. The molecule has 1 atom stereocenters. The predicted octanol–water partition coefficient (Wildman–Crippen LogP) is 3.06. The first-order valence-corrected chi connectivity index (χ1v) is 5.80. The fourth-order valence-corrected chi connectivity index (χ4v) is 2.02. The smallest absolute Gasteiger partial charge is 0.139 e. The van der Waals surface area contributed by atoms with Crippen molar-refractivity contribution in [2.45, 2.75) is 39.3 Å². The van der Waals surface area contributed by atoms with Gasteiger partial charge in [-0.05, 0) is 32.4 Å². The van der Waals surface area contributed by atoms with Gasteiger partial charge in [-0.3, -0.25) is 0 Å². The summed E-state index contributed by atoms with van der Waals surface area (Å²) < 4.78 is 2.11. The summed E-state index contributed by atoms with van der Waals surface area (Å²) in [5.41, 5.74) is 2.05. The average Bonchev–Trinajstić information content (AvgIpc) is 2.67. The molecule has 0 amide bonds. The molecule has 1 N–H and O–H groups in total. The van der Waals surface area contributed by atoms with Crippen molar-refractivity contribution in [3.8, 4) is 0 Å². The lowest BCUT2D eigenvalue weighted by Crippen LogP contribution is -2.10. The van der Waals surface area contributed by atoms with Gasteiger partial charge in [0.2, 0.25) is 0 Å². The minimum Gasteiger partial charge on any atom is -0.385 e. The number of nitrogens with zero attached hydrogens (tertiary/aromatic N) is 2. The molecule has 3 nitrogen and oxygen atoms in total. The number of hydrogen-bond acceptors (Lipinski definition) is 2. The van der Waals surface area contributed by atoms with Crippen molar-refractivity contribution >= 4 is 11.0 Å². The fourth-order valence-electron chi connectivity index (χ4n) is 2.02. The monoisotopic (exact) mass is 218 g/mol. The highest BCUT2D eigenvalue weighted by Gasteiger charge is 2.17. The van der Waals surface area contributed by atoms with Crippen LogP contribution in [0.5, 0.6) is 0 Å². The lowest BCUT2D eigenvalue weighted by molar-refractivity contribution is 0.158. The molecule has 2 aromatic rings. The molecule has 0 saturated heterocycles. The maximum atomic E-state index is 9.98. The molecule has 0 aliphatic rings. The van der Waals surface area contributed by atoms with Crippen molar-refractivity contribution in [3.63, 3.8) is 0 Å². The van der Waals surface area contributed by atoms with Crippen molar-refractivity contribution < 1.29 is 5.11 Å². The Morgan fingerprint density at radius 3 is 2.62 bits per heavy atom. The molecule has 2 rings (SSSR count). The van der Waals surface area contributed by atoms with Crippen LogP contribution >= 0.6 is 0 Å². The first kappa shape index (κ1) is 11.1. The summed E-state index contributed by atoms with van der Waals surface area (Å²) in [4.78, 5) is 4.52. The Balaban J connectivity index is 2.68. The summed E-state index contributed by atoms with van der Waals surface area (Å²) in [5, 5.41) is 9.98. The van der Waals surface area contributed by atoms with Crippen molar-refractivity contribution in [1.29, 1.82) is 0 Å². The van der Waals surface area contributed by atoms with E-state index >= 15 is 0 Å².